The van der Waals surface area contributed by atoms with Gasteiger partial charge in [0.1, 0.15) is 24.3 Å². The number of benzene rings is 2. The fraction of sp³-hybridized carbons (Fsp3) is 0.286. The third-order valence-electron chi connectivity index (χ3n) is 3.82. The molecule has 3 rings (SSSR count). The van der Waals surface area contributed by atoms with Gasteiger partial charge in [-0.05, 0) is 44.2 Å². The van der Waals surface area contributed by atoms with E-state index in [1.807, 2.05) is 19.9 Å². The first-order valence-electron chi connectivity index (χ1n) is 8.98. The molecule has 0 unspecified atom stereocenters. The summed E-state index contributed by atoms with van der Waals surface area (Å²) in [6.45, 7) is 4.13. The molecule has 28 heavy (non-hydrogen) atoms. The SMILES string of the molecule is CCOc1ccc(-c2nc(-c3ccccc3OCC(F)F)co2)cc1OCC. The van der Waals surface area contributed by atoms with Crippen molar-refractivity contribution in [3.05, 3.63) is 48.7 Å². The Labute approximate surface area is 161 Å². The highest BCUT2D eigenvalue weighted by Gasteiger charge is 2.15. The Balaban J connectivity index is 1.90. The molecule has 0 N–H and O–H groups in total. The summed E-state index contributed by atoms with van der Waals surface area (Å²) in [4.78, 5) is 4.48. The monoisotopic (exact) mass is 389 g/mol. The van der Waals surface area contributed by atoms with E-state index in [1.165, 1.54) is 6.26 Å². The minimum atomic E-state index is -2.55. The lowest BCUT2D eigenvalue weighted by Gasteiger charge is -2.11. The van der Waals surface area contributed by atoms with Gasteiger partial charge >= 0.3 is 0 Å². The smallest absolute Gasteiger partial charge is 0.272 e. The van der Waals surface area contributed by atoms with Crippen molar-refractivity contribution in [2.24, 2.45) is 0 Å². The molecule has 0 amide bonds. The molecule has 1 aromatic heterocycles. The molecular weight excluding hydrogens is 368 g/mol. The zero-order valence-corrected chi connectivity index (χ0v) is 15.7. The van der Waals surface area contributed by atoms with Crippen LogP contribution in [0.1, 0.15) is 13.8 Å². The van der Waals surface area contributed by atoms with Gasteiger partial charge in [0.05, 0.1) is 13.2 Å². The number of hydrogen-bond donors (Lipinski definition) is 0. The molecule has 7 heteroatoms. The lowest BCUT2D eigenvalue weighted by atomic mass is 10.1. The molecule has 0 radical (unpaired) electrons. The van der Waals surface area contributed by atoms with Crippen LogP contribution in [-0.2, 0) is 0 Å². The summed E-state index contributed by atoms with van der Waals surface area (Å²) in [7, 11) is 0. The predicted octanol–water partition coefficient (Wildman–Crippen LogP) is 5.45. The van der Waals surface area contributed by atoms with Crippen molar-refractivity contribution in [2.75, 3.05) is 19.8 Å². The third kappa shape index (κ3) is 4.60. The molecule has 0 spiro atoms. The van der Waals surface area contributed by atoms with E-state index < -0.39 is 13.0 Å². The van der Waals surface area contributed by atoms with Gasteiger partial charge < -0.3 is 18.6 Å². The quantitative estimate of drug-likeness (QED) is 0.487. The molecule has 0 aliphatic heterocycles. The fourth-order valence-corrected chi connectivity index (χ4v) is 2.67. The summed E-state index contributed by atoms with van der Waals surface area (Å²) in [5.74, 6) is 1.94. The average molecular weight is 389 g/mol. The molecule has 148 valence electrons. The van der Waals surface area contributed by atoms with Gasteiger partial charge in [0.25, 0.3) is 6.43 Å². The van der Waals surface area contributed by atoms with Crippen LogP contribution >= 0.6 is 0 Å². The van der Waals surface area contributed by atoms with Crippen molar-refractivity contribution in [2.45, 2.75) is 20.3 Å². The third-order valence-corrected chi connectivity index (χ3v) is 3.82. The second kappa shape index (κ2) is 9.21. The van der Waals surface area contributed by atoms with Crippen LogP contribution in [0.15, 0.2) is 53.1 Å². The Morgan fingerprint density at radius 1 is 0.929 bits per heavy atom. The van der Waals surface area contributed by atoms with Gasteiger partial charge in [0.15, 0.2) is 11.5 Å². The number of ether oxygens (including phenoxy) is 3. The molecule has 0 saturated carbocycles. The predicted molar refractivity (Wildman–Crippen MR) is 101 cm³/mol. The van der Waals surface area contributed by atoms with E-state index >= 15 is 0 Å². The Hall–Kier alpha value is -3.09. The Kier molecular flexibility index (Phi) is 6.47. The summed E-state index contributed by atoms with van der Waals surface area (Å²) in [5, 5.41) is 0. The molecule has 0 saturated heterocycles. The zero-order valence-electron chi connectivity index (χ0n) is 15.7. The van der Waals surface area contributed by atoms with E-state index in [0.717, 1.165) is 0 Å². The lowest BCUT2D eigenvalue weighted by molar-refractivity contribution is 0.0822. The van der Waals surface area contributed by atoms with Gasteiger partial charge in [-0.25, -0.2) is 13.8 Å². The van der Waals surface area contributed by atoms with Crippen molar-refractivity contribution in [1.82, 2.24) is 4.98 Å². The summed E-state index contributed by atoms with van der Waals surface area (Å²) in [5.41, 5.74) is 1.78. The van der Waals surface area contributed by atoms with Crippen LogP contribution < -0.4 is 14.2 Å². The van der Waals surface area contributed by atoms with Crippen LogP contribution in [0.3, 0.4) is 0 Å². The first kappa shape index (κ1) is 19.7. The normalized spacial score (nSPS) is 10.9. The largest absolute Gasteiger partial charge is 0.490 e. The highest BCUT2D eigenvalue weighted by molar-refractivity contribution is 5.69. The van der Waals surface area contributed by atoms with Gasteiger partial charge in [-0.3, -0.25) is 0 Å². The number of oxazole rings is 1. The van der Waals surface area contributed by atoms with Gasteiger partial charge in [0.2, 0.25) is 5.89 Å². The van der Waals surface area contributed by atoms with Crippen LogP contribution in [0.25, 0.3) is 22.7 Å². The Bertz CT molecular complexity index is 911. The van der Waals surface area contributed by atoms with Crippen molar-refractivity contribution >= 4 is 0 Å². The van der Waals surface area contributed by atoms with E-state index in [1.54, 1.807) is 36.4 Å². The van der Waals surface area contributed by atoms with Crippen LogP contribution in [0.4, 0.5) is 8.78 Å². The summed E-state index contributed by atoms with van der Waals surface area (Å²) in [6, 6.07) is 12.3. The number of para-hydroxylation sites is 1. The summed E-state index contributed by atoms with van der Waals surface area (Å²) >= 11 is 0. The van der Waals surface area contributed by atoms with Gasteiger partial charge in [-0.2, -0.15) is 0 Å². The number of rotatable bonds is 9. The molecule has 3 aromatic rings. The van der Waals surface area contributed by atoms with Crippen molar-refractivity contribution in [3.63, 3.8) is 0 Å². The Morgan fingerprint density at radius 2 is 1.68 bits per heavy atom. The molecule has 0 bridgehead atoms. The molecule has 2 aromatic carbocycles. The number of nitrogens with zero attached hydrogens (tertiary/aromatic N) is 1. The standard InChI is InChI=1S/C21H21F2NO4/c1-3-25-18-10-9-14(11-19(18)26-4-2)21-24-16(12-28-21)15-7-5-6-8-17(15)27-13-20(22)23/h5-12,20H,3-4,13H2,1-2H3. The van der Waals surface area contributed by atoms with E-state index in [4.69, 9.17) is 18.6 Å². The highest BCUT2D eigenvalue weighted by atomic mass is 19.3. The molecule has 0 atom stereocenters. The Morgan fingerprint density at radius 3 is 2.43 bits per heavy atom. The summed E-state index contributed by atoms with van der Waals surface area (Å²) in [6.07, 6.45) is -1.08. The number of hydrogen-bond acceptors (Lipinski definition) is 5. The summed E-state index contributed by atoms with van der Waals surface area (Å²) < 4.78 is 47.0. The lowest BCUT2D eigenvalue weighted by Crippen LogP contribution is -2.07. The second-order valence-electron chi connectivity index (χ2n) is 5.76. The van der Waals surface area contributed by atoms with Gasteiger partial charge in [0, 0.05) is 11.1 Å². The molecule has 5 nitrogen and oxygen atoms in total. The van der Waals surface area contributed by atoms with Crippen LogP contribution in [0, 0.1) is 0 Å². The van der Waals surface area contributed by atoms with E-state index in [9.17, 15) is 8.78 Å². The van der Waals surface area contributed by atoms with E-state index in [-0.39, 0.29) is 0 Å². The maximum atomic E-state index is 12.5. The minimum Gasteiger partial charge on any atom is -0.490 e. The molecule has 1 heterocycles. The topological polar surface area (TPSA) is 53.7 Å². The average Bonchev–Trinajstić information content (AvgIpc) is 3.18. The van der Waals surface area contributed by atoms with Crippen molar-refractivity contribution < 1.29 is 27.4 Å². The second-order valence-corrected chi connectivity index (χ2v) is 5.76. The van der Waals surface area contributed by atoms with E-state index in [2.05, 4.69) is 4.98 Å². The fourth-order valence-electron chi connectivity index (χ4n) is 2.67. The maximum Gasteiger partial charge on any atom is 0.272 e. The number of alkyl halides is 2. The van der Waals surface area contributed by atoms with Gasteiger partial charge in [-0.1, -0.05) is 12.1 Å². The van der Waals surface area contributed by atoms with Gasteiger partial charge in [-0.15, -0.1) is 0 Å². The molecular formula is C21H21F2NO4. The first-order chi connectivity index (χ1) is 13.6. The first-order valence-corrected chi connectivity index (χ1v) is 8.98. The van der Waals surface area contributed by atoms with E-state index in [0.29, 0.717) is 53.2 Å². The van der Waals surface area contributed by atoms with Crippen molar-refractivity contribution in [1.29, 1.82) is 0 Å². The molecule has 0 aliphatic carbocycles. The van der Waals surface area contributed by atoms with Crippen LogP contribution in [0.2, 0.25) is 0 Å². The highest BCUT2D eigenvalue weighted by Crippen LogP contribution is 2.35. The number of halogens is 2. The molecule has 0 fully saturated rings. The maximum absolute atomic E-state index is 12.5. The van der Waals surface area contributed by atoms with Crippen molar-refractivity contribution in [3.8, 4) is 40.0 Å². The minimum absolute atomic E-state index is 0.323. The zero-order chi connectivity index (χ0) is 19.9. The van der Waals surface area contributed by atoms with Crippen LogP contribution in [0.5, 0.6) is 17.2 Å². The van der Waals surface area contributed by atoms with Crippen LogP contribution in [-0.4, -0.2) is 31.2 Å². The molecule has 0 aliphatic rings. The number of aromatic nitrogens is 1.